The van der Waals surface area contributed by atoms with Gasteiger partial charge in [-0.2, -0.15) is 13.2 Å². The highest BCUT2D eigenvalue weighted by molar-refractivity contribution is 5.91. The van der Waals surface area contributed by atoms with Crippen LogP contribution in [0.1, 0.15) is 43.9 Å². The van der Waals surface area contributed by atoms with Crippen molar-refractivity contribution in [3.05, 3.63) is 71.3 Å². The normalized spacial score (nSPS) is 21.1. The number of hydrogen-bond acceptors (Lipinski definition) is 4. The summed E-state index contributed by atoms with van der Waals surface area (Å²) in [7, 11) is 0. The van der Waals surface area contributed by atoms with Gasteiger partial charge in [-0.1, -0.05) is 69.7 Å². The monoisotopic (exact) mass is 545 g/mol. The third-order valence-electron chi connectivity index (χ3n) is 7.43. The van der Waals surface area contributed by atoms with Crippen LogP contribution in [0.25, 0.3) is 0 Å². The van der Waals surface area contributed by atoms with E-state index >= 15 is 0 Å². The van der Waals surface area contributed by atoms with Crippen LogP contribution < -0.4 is 5.32 Å². The summed E-state index contributed by atoms with van der Waals surface area (Å²) < 4.78 is 40.0. The number of urea groups is 1. The Hall–Kier alpha value is -3.60. The van der Waals surface area contributed by atoms with Crippen molar-refractivity contribution in [2.24, 2.45) is 5.92 Å². The number of likely N-dealkylation sites (N-methyl/N-ethyl adjacent to an activating group) is 1. The maximum atomic E-state index is 13.7. The van der Waals surface area contributed by atoms with E-state index in [0.717, 1.165) is 17.7 Å². The van der Waals surface area contributed by atoms with E-state index in [-0.39, 0.29) is 43.9 Å². The maximum Gasteiger partial charge on any atom is 0.416 e. The maximum absolute atomic E-state index is 13.7. The minimum atomic E-state index is -4.51. The highest BCUT2D eigenvalue weighted by Crippen LogP contribution is 2.33. The summed E-state index contributed by atoms with van der Waals surface area (Å²) >= 11 is 0. The van der Waals surface area contributed by atoms with Gasteiger partial charge >= 0.3 is 12.2 Å². The number of hydrazine groups is 1. The van der Waals surface area contributed by atoms with Crippen LogP contribution >= 0.6 is 0 Å². The quantitative estimate of drug-likeness (QED) is 0.569. The number of carbonyl (C=O) groups is 3. The zero-order valence-electron chi connectivity index (χ0n) is 22.3. The number of halogens is 3. The SMILES string of the molecule is CCC(C)[C@H]1C(=O)N(Cc2cccc(C(F)(F)F)c2)C[C@H]2N1C(=O)CN(CC)N2C(=O)NCc1ccccc1. The van der Waals surface area contributed by atoms with Gasteiger partial charge in [0.05, 0.1) is 18.7 Å². The molecule has 1 unspecified atom stereocenters. The van der Waals surface area contributed by atoms with Gasteiger partial charge in [0.2, 0.25) is 11.8 Å². The van der Waals surface area contributed by atoms with E-state index in [4.69, 9.17) is 0 Å². The number of rotatable bonds is 7. The van der Waals surface area contributed by atoms with E-state index < -0.39 is 30.0 Å². The van der Waals surface area contributed by atoms with Crippen molar-refractivity contribution < 1.29 is 27.6 Å². The van der Waals surface area contributed by atoms with Gasteiger partial charge in [0.1, 0.15) is 12.2 Å². The molecule has 3 atom stereocenters. The number of fused-ring (bicyclic) bond motifs is 1. The third kappa shape index (κ3) is 6.03. The predicted octanol–water partition coefficient (Wildman–Crippen LogP) is 4.08. The summed E-state index contributed by atoms with van der Waals surface area (Å²) in [4.78, 5) is 43.6. The zero-order valence-corrected chi connectivity index (χ0v) is 22.3. The fourth-order valence-corrected chi connectivity index (χ4v) is 5.22. The van der Waals surface area contributed by atoms with Crippen molar-refractivity contribution in [3.8, 4) is 0 Å². The Labute approximate surface area is 226 Å². The van der Waals surface area contributed by atoms with Gasteiger partial charge < -0.3 is 15.1 Å². The first kappa shape index (κ1) is 28.4. The fraction of sp³-hybridized carbons (Fsp3) is 0.464. The third-order valence-corrected chi connectivity index (χ3v) is 7.43. The standard InChI is InChI=1S/C28H34F3N5O3/c1-4-19(3)25-26(38)33(16-21-12-9-13-22(14-21)28(29,30)31)17-23-35(25)24(37)18-34(5-2)36(23)27(39)32-15-20-10-7-6-8-11-20/h6-14,19,23,25H,4-5,15-18H2,1-3H3,(H,32,39)/t19?,23-,25-/m0/s1. The molecule has 0 radical (unpaired) electrons. The largest absolute Gasteiger partial charge is 0.416 e. The van der Waals surface area contributed by atoms with Crippen LogP contribution in [-0.2, 0) is 28.9 Å². The molecule has 4 rings (SSSR count). The van der Waals surface area contributed by atoms with Crippen molar-refractivity contribution in [1.29, 1.82) is 0 Å². The molecule has 2 aliphatic heterocycles. The molecule has 1 N–H and O–H groups in total. The van der Waals surface area contributed by atoms with E-state index in [1.807, 2.05) is 51.1 Å². The Kier molecular flexibility index (Phi) is 8.48. The average molecular weight is 546 g/mol. The molecule has 8 nitrogen and oxygen atoms in total. The van der Waals surface area contributed by atoms with Gasteiger partial charge in [-0.15, -0.1) is 0 Å². The molecule has 4 amide bonds. The zero-order chi connectivity index (χ0) is 28.3. The van der Waals surface area contributed by atoms with Crippen LogP contribution in [0.2, 0.25) is 0 Å². The first-order valence-electron chi connectivity index (χ1n) is 13.2. The lowest BCUT2D eigenvalue weighted by atomic mass is 9.92. The first-order chi connectivity index (χ1) is 18.5. The molecule has 0 aromatic heterocycles. The van der Waals surface area contributed by atoms with Crippen molar-refractivity contribution in [1.82, 2.24) is 25.1 Å². The Morgan fingerprint density at radius 3 is 2.38 bits per heavy atom. The van der Waals surface area contributed by atoms with Crippen molar-refractivity contribution in [3.63, 3.8) is 0 Å². The van der Waals surface area contributed by atoms with Gasteiger partial charge in [-0.3, -0.25) is 9.59 Å². The molecular weight excluding hydrogens is 511 g/mol. The van der Waals surface area contributed by atoms with E-state index in [1.54, 1.807) is 11.1 Å². The molecule has 2 fully saturated rings. The number of alkyl halides is 3. The van der Waals surface area contributed by atoms with Gasteiger partial charge in [0, 0.05) is 19.6 Å². The number of nitrogens with one attached hydrogen (secondary N) is 1. The molecule has 11 heteroatoms. The second-order valence-corrected chi connectivity index (χ2v) is 10.00. The van der Waals surface area contributed by atoms with E-state index in [0.29, 0.717) is 18.5 Å². The number of carbonyl (C=O) groups excluding carboxylic acids is 3. The van der Waals surface area contributed by atoms with Crippen LogP contribution in [0.15, 0.2) is 54.6 Å². The molecule has 39 heavy (non-hydrogen) atoms. The Morgan fingerprint density at radius 2 is 1.74 bits per heavy atom. The molecule has 0 spiro atoms. The summed E-state index contributed by atoms with van der Waals surface area (Å²) in [5.41, 5.74) is 0.432. The van der Waals surface area contributed by atoms with Crippen molar-refractivity contribution >= 4 is 17.8 Å². The van der Waals surface area contributed by atoms with Gasteiger partial charge in [-0.05, 0) is 29.2 Å². The summed E-state index contributed by atoms with van der Waals surface area (Å²) in [6.45, 7) is 6.12. The topological polar surface area (TPSA) is 76.2 Å². The minimum Gasteiger partial charge on any atom is -0.333 e. The summed E-state index contributed by atoms with van der Waals surface area (Å²) in [6.07, 6.45) is -4.71. The van der Waals surface area contributed by atoms with Gasteiger partial charge in [0.15, 0.2) is 0 Å². The van der Waals surface area contributed by atoms with Crippen LogP contribution in [0, 0.1) is 5.92 Å². The van der Waals surface area contributed by atoms with Crippen LogP contribution in [-0.4, -0.2) is 69.5 Å². The van der Waals surface area contributed by atoms with E-state index in [2.05, 4.69) is 5.32 Å². The van der Waals surface area contributed by atoms with Crippen LogP contribution in [0.5, 0.6) is 0 Å². The molecule has 0 bridgehead atoms. The number of piperazine rings is 1. The summed E-state index contributed by atoms with van der Waals surface area (Å²) in [6, 6.07) is 13.0. The lowest BCUT2D eigenvalue weighted by Crippen LogP contribution is -2.77. The predicted molar refractivity (Wildman–Crippen MR) is 139 cm³/mol. The van der Waals surface area contributed by atoms with Gasteiger partial charge in [0.25, 0.3) is 0 Å². The highest BCUT2D eigenvalue weighted by Gasteiger charge is 2.52. The second-order valence-electron chi connectivity index (χ2n) is 10.00. The molecular formula is C28H34F3N5O3. The smallest absolute Gasteiger partial charge is 0.333 e. The van der Waals surface area contributed by atoms with Crippen LogP contribution in [0.4, 0.5) is 18.0 Å². The lowest BCUT2D eigenvalue weighted by molar-refractivity contribution is -0.193. The molecule has 2 heterocycles. The van der Waals surface area contributed by atoms with Gasteiger partial charge in [-0.25, -0.2) is 14.8 Å². The number of hydrogen-bond donors (Lipinski definition) is 1. The first-order valence-corrected chi connectivity index (χ1v) is 13.2. The molecule has 0 saturated carbocycles. The highest BCUT2D eigenvalue weighted by atomic mass is 19.4. The fourth-order valence-electron chi connectivity index (χ4n) is 5.22. The molecule has 2 aromatic carbocycles. The molecule has 2 aliphatic rings. The molecule has 210 valence electrons. The molecule has 2 saturated heterocycles. The average Bonchev–Trinajstić information content (AvgIpc) is 2.92. The molecule has 0 aliphatic carbocycles. The summed E-state index contributed by atoms with van der Waals surface area (Å²) in [5.74, 6) is -0.817. The van der Waals surface area contributed by atoms with Crippen molar-refractivity contribution in [2.75, 3.05) is 19.6 Å². The second kappa shape index (κ2) is 11.6. The molecule has 2 aromatic rings. The Balaban J connectivity index is 1.66. The summed E-state index contributed by atoms with van der Waals surface area (Å²) in [5, 5.41) is 6.06. The van der Waals surface area contributed by atoms with Crippen LogP contribution in [0.3, 0.4) is 0 Å². The number of nitrogens with zero attached hydrogens (tertiary/aromatic N) is 4. The Morgan fingerprint density at radius 1 is 1.05 bits per heavy atom. The minimum absolute atomic E-state index is 0.0248. The lowest BCUT2D eigenvalue weighted by Gasteiger charge is -2.56. The van der Waals surface area contributed by atoms with Crippen molar-refractivity contribution in [2.45, 2.75) is 58.7 Å². The van der Waals surface area contributed by atoms with E-state index in [1.165, 1.54) is 20.9 Å². The Bertz CT molecular complexity index is 1190. The number of benzene rings is 2. The number of amides is 4. The van der Waals surface area contributed by atoms with E-state index in [9.17, 15) is 27.6 Å².